The summed E-state index contributed by atoms with van der Waals surface area (Å²) in [5, 5.41) is 13.2. The van der Waals surface area contributed by atoms with Crippen LogP contribution in [0.3, 0.4) is 0 Å². The van der Waals surface area contributed by atoms with E-state index in [1.807, 2.05) is 30.3 Å². The van der Waals surface area contributed by atoms with Gasteiger partial charge in [0.25, 0.3) is 5.91 Å². The molecule has 0 radical (unpaired) electrons. The minimum atomic E-state index is -0.883. The third-order valence-electron chi connectivity index (χ3n) is 3.91. The summed E-state index contributed by atoms with van der Waals surface area (Å²) in [6.45, 7) is 1.26. The van der Waals surface area contributed by atoms with Gasteiger partial charge in [-0.3, -0.25) is 9.36 Å². The second kappa shape index (κ2) is 6.29. The highest BCUT2D eigenvalue weighted by molar-refractivity contribution is 5.93. The standard InChI is InChI=1S/C16H19N3O3/c20-15(18-11-16(21)6-8-22-9-7-16)14-10-17-12-19(14)13-4-2-1-3-5-13/h1-5,10,12,21H,6-9,11H2,(H,18,20). The molecule has 0 spiro atoms. The van der Waals surface area contributed by atoms with Gasteiger partial charge in [-0.15, -0.1) is 0 Å². The van der Waals surface area contributed by atoms with Gasteiger partial charge in [-0.05, 0) is 12.1 Å². The van der Waals surface area contributed by atoms with Crippen LogP contribution in [0.25, 0.3) is 5.69 Å². The molecule has 1 aromatic heterocycles. The minimum Gasteiger partial charge on any atom is -0.388 e. The number of imidazole rings is 1. The molecule has 0 saturated carbocycles. The number of aromatic nitrogens is 2. The zero-order valence-electron chi connectivity index (χ0n) is 12.2. The molecular weight excluding hydrogens is 282 g/mol. The quantitative estimate of drug-likeness (QED) is 0.888. The Hall–Kier alpha value is -2.18. The van der Waals surface area contributed by atoms with Gasteiger partial charge >= 0.3 is 0 Å². The van der Waals surface area contributed by atoms with E-state index in [-0.39, 0.29) is 12.5 Å². The van der Waals surface area contributed by atoms with Crippen molar-refractivity contribution in [3.8, 4) is 5.69 Å². The number of para-hydroxylation sites is 1. The Balaban J connectivity index is 1.70. The SMILES string of the molecule is O=C(NCC1(O)CCOCC1)c1cncn1-c1ccccc1. The Labute approximate surface area is 128 Å². The van der Waals surface area contributed by atoms with Crippen LogP contribution in [-0.2, 0) is 4.74 Å². The van der Waals surface area contributed by atoms with Crippen molar-refractivity contribution >= 4 is 5.91 Å². The van der Waals surface area contributed by atoms with E-state index in [0.717, 1.165) is 5.69 Å². The predicted molar refractivity (Wildman–Crippen MR) is 80.9 cm³/mol. The molecule has 22 heavy (non-hydrogen) atoms. The molecule has 2 N–H and O–H groups in total. The molecule has 0 bridgehead atoms. The molecule has 1 aliphatic heterocycles. The van der Waals surface area contributed by atoms with Crippen LogP contribution < -0.4 is 5.32 Å². The molecule has 0 aliphatic carbocycles. The molecule has 116 valence electrons. The van der Waals surface area contributed by atoms with Gasteiger partial charge in [-0.25, -0.2) is 4.98 Å². The Kier molecular flexibility index (Phi) is 4.22. The molecule has 1 aliphatic rings. The van der Waals surface area contributed by atoms with E-state index < -0.39 is 5.60 Å². The monoisotopic (exact) mass is 301 g/mol. The van der Waals surface area contributed by atoms with Gasteiger partial charge < -0.3 is 15.2 Å². The molecule has 0 unspecified atom stereocenters. The van der Waals surface area contributed by atoms with Crippen LogP contribution in [0, 0.1) is 0 Å². The maximum Gasteiger partial charge on any atom is 0.270 e. The van der Waals surface area contributed by atoms with Gasteiger partial charge in [0.05, 0.1) is 18.1 Å². The number of aliphatic hydroxyl groups is 1. The first kappa shape index (κ1) is 14.7. The Morgan fingerprint density at radius 3 is 2.77 bits per heavy atom. The van der Waals surface area contributed by atoms with Crippen LogP contribution >= 0.6 is 0 Å². The van der Waals surface area contributed by atoms with E-state index in [4.69, 9.17) is 4.74 Å². The number of carbonyl (C=O) groups is 1. The fourth-order valence-corrected chi connectivity index (χ4v) is 2.52. The van der Waals surface area contributed by atoms with Gasteiger partial charge in [0.2, 0.25) is 0 Å². The van der Waals surface area contributed by atoms with E-state index in [0.29, 0.717) is 31.7 Å². The van der Waals surface area contributed by atoms with Crippen LogP contribution in [0.5, 0.6) is 0 Å². The maximum absolute atomic E-state index is 12.4. The molecule has 1 fully saturated rings. The minimum absolute atomic E-state index is 0.217. The zero-order valence-corrected chi connectivity index (χ0v) is 12.2. The van der Waals surface area contributed by atoms with Crippen molar-refractivity contribution in [2.24, 2.45) is 0 Å². The van der Waals surface area contributed by atoms with E-state index in [2.05, 4.69) is 10.3 Å². The number of hydrogen-bond donors (Lipinski definition) is 2. The summed E-state index contributed by atoms with van der Waals surface area (Å²) in [6.07, 6.45) is 4.19. The van der Waals surface area contributed by atoms with Crippen molar-refractivity contribution < 1.29 is 14.6 Å². The smallest absolute Gasteiger partial charge is 0.270 e. The summed E-state index contributed by atoms with van der Waals surface area (Å²) in [5.74, 6) is -0.249. The average molecular weight is 301 g/mol. The summed E-state index contributed by atoms with van der Waals surface area (Å²) in [7, 11) is 0. The summed E-state index contributed by atoms with van der Waals surface area (Å²) in [4.78, 5) is 16.4. The van der Waals surface area contributed by atoms with Gasteiger partial charge in [0.1, 0.15) is 5.69 Å². The Morgan fingerprint density at radius 2 is 2.05 bits per heavy atom. The molecule has 1 saturated heterocycles. The fourth-order valence-electron chi connectivity index (χ4n) is 2.52. The zero-order chi connectivity index (χ0) is 15.4. The van der Waals surface area contributed by atoms with Crippen molar-refractivity contribution in [3.05, 3.63) is 48.5 Å². The van der Waals surface area contributed by atoms with Crippen molar-refractivity contribution in [1.29, 1.82) is 0 Å². The summed E-state index contributed by atoms with van der Waals surface area (Å²) in [6, 6.07) is 9.54. The lowest BCUT2D eigenvalue weighted by molar-refractivity contribution is -0.0605. The van der Waals surface area contributed by atoms with E-state index in [9.17, 15) is 9.90 Å². The predicted octanol–water partition coefficient (Wildman–Crippen LogP) is 1.14. The first-order valence-electron chi connectivity index (χ1n) is 7.34. The number of rotatable bonds is 4. The number of nitrogens with one attached hydrogen (secondary N) is 1. The highest BCUT2D eigenvalue weighted by Crippen LogP contribution is 2.19. The molecule has 2 heterocycles. The van der Waals surface area contributed by atoms with Gasteiger partial charge in [0.15, 0.2) is 0 Å². The van der Waals surface area contributed by atoms with Crippen molar-refractivity contribution in [2.75, 3.05) is 19.8 Å². The summed E-state index contributed by atoms with van der Waals surface area (Å²) < 4.78 is 6.96. The van der Waals surface area contributed by atoms with Crippen molar-refractivity contribution in [3.63, 3.8) is 0 Å². The molecule has 6 heteroatoms. The van der Waals surface area contributed by atoms with E-state index in [1.54, 1.807) is 10.9 Å². The van der Waals surface area contributed by atoms with E-state index in [1.165, 1.54) is 6.20 Å². The van der Waals surface area contributed by atoms with Gasteiger partial charge in [0, 0.05) is 38.3 Å². The topological polar surface area (TPSA) is 76.4 Å². The normalized spacial score (nSPS) is 17.1. The van der Waals surface area contributed by atoms with Gasteiger partial charge in [-0.2, -0.15) is 0 Å². The first-order chi connectivity index (χ1) is 10.7. The number of hydrogen-bond acceptors (Lipinski definition) is 4. The van der Waals surface area contributed by atoms with Crippen LogP contribution in [0.1, 0.15) is 23.3 Å². The molecule has 2 aromatic rings. The molecule has 1 amide bonds. The molecule has 0 atom stereocenters. The lowest BCUT2D eigenvalue weighted by Crippen LogP contribution is -2.46. The Bertz CT molecular complexity index is 633. The molecule has 3 rings (SSSR count). The lowest BCUT2D eigenvalue weighted by atomic mass is 9.94. The maximum atomic E-state index is 12.4. The number of nitrogens with zero attached hydrogens (tertiary/aromatic N) is 2. The van der Waals surface area contributed by atoms with Crippen LogP contribution in [-0.4, -0.2) is 45.9 Å². The summed E-state index contributed by atoms with van der Waals surface area (Å²) in [5.41, 5.74) is 0.433. The lowest BCUT2D eigenvalue weighted by Gasteiger charge is -2.32. The molecular formula is C16H19N3O3. The van der Waals surface area contributed by atoms with Crippen LogP contribution in [0.15, 0.2) is 42.9 Å². The van der Waals surface area contributed by atoms with Crippen molar-refractivity contribution in [2.45, 2.75) is 18.4 Å². The number of benzene rings is 1. The third kappa shape index (κ3) is 3.18. The highest BCUT2D eigenvalue weighted by atomic mass is 16.5. The number of amides is 1. The molecule has 6 nitrogen and oxygen atoms in total. The largest absolute Gasteiger partial charge is 0.388 e. The highest BCUT2D eigenvalue weighted by Gasteiger charge is 2.30. The van der Waals surface area contributed by atoms with Crippen LogP contribution in [0.2, 0.25) is 0 Å². The van der Waals surface area contributed by atoms with Crippen LogP contribution in [0.4, 0.5) is 0 Å². The fraction of sp³-hybridized carbons (Fsp3) is 0.375. The summed E-state index contributed by atoms with van der Waals surface area (Å²) >= 11 is 0. The average Bonchev–Trinajstić information content (AvgIpc) is 3.04. The second-order valence-electron chi connectivity index (χ2n) is 5.50. The number of carbonyl (C=O) groups excluding carboxylic acids is 1. The van der Waals surface area contributed by atoms with Gasteiger partial charge in [-0.1, -0.05) is 18.2 Å². The van der Waals surface area contributed by atoms with E-state index >= 15 is 0 Å². The number of ether oxygens (including phenoxy) is 1. The van der Waals surface area contributed by atoms with Crippen molar-refractivity contribution in [1.82, 2.24) is 14.9 Å². The first-order valence-corrected chi connectivity index (χ1v) is 7.34. The Morgan fingerprint density at radius 1 is 1.32 bits per heavy atom. The second-order valence-corrected chi connectivity index (χ2v) is 5.50. The molecule has 1 aromatic carbocycles. The third-order valence-corrected chi connectivity index (χ3v) is 3.91.